The van der Waals surface area contributed by atoms with Crippen molar-refractivity contribution < 1.29 is 9.59 Å². The summed E-state index contributed by atoms with van der Waals surface area (Å²) in [6.07, 6.45) is 1.08. The number of rotatable bonds is 4. The quantitative estimate of drug-likeness (QED) is 0.472. The number of likely N-dealkylation sites (N-methyl/N-ethyl adjacent to an activating group) is 1. The molecular formula is C8H15N3O2. The lowest BCUT2D eigenvalue weighted by Crippen LogP contribution is -2.43. The maximum atomic E-state index is 11.3. The molecule has 2 amide bonds. The summed E-state index contributed by atoms with van der Waals surface area (Å²) in [7, 11) is 1.82. The highest BCUT2D eigenvalue weighted by Crippen LogP contribution is 2.05. The van der Waals surface area contributed by atoms with Gasteiger partial charge in [-0.05, 0) is 13.5 Å². The first kappa shape index (κ1) is 9.98. The first-order valence-corrected chi connectivity index (χ1v) is 4.45. The third-order valence-corrected chi connectivity index (χ3v) is 1.99. The molecule has 1 heterocycles. The van der Waals surface area contributed by atoms with Crippen molar-refractivity contribution in [2.45, 2.75) is 18.9 Å². The largest absolute Gasteiger partial charge is 0.353 e. The lowest BCUT2D eigenvalue weighted by molar-refractivity contribution is -0.125. The molecule has 0 aromatic rings. The Kier molecular flexibility index (Phi) is 3.70. The topological polar surface area (TPSA) is 70.2 Å². The Balaban J connectivity index is 2.20. The van der Waals surface area contributed by atoms with E-state index in [2.05, 4.69) is 16.0 Å². The van der Waals surface area contributed by atoms with Crippen molar-refractivity contribution in [3.8, 4) is 0 Å². The Hall–Kier alpha value is -1.10. The van der Waals surface area contributed by atoms with Crippen LogP contribution >= 0.6 is 0 Å². The first-order chi connectivity index (χ1) is 6.24. The van der Waals surface area contributed by atoms with Crippen LogP contribution in [-0.2, 0) is 9.59 Å². The highest BCUT2D eigenvalue weighted by atomic mass is 16.2. The van der Waals surface area contributed by atoms with Crippen LogP contribution in [-0.4, -0.2) is 38.0 Å². The number of nitrogens with one attached hydrogen (secondary N) is 3. The average Bonchev–Trinajstić information content (AvgIpc) is 2.52. The molecule has 1 rings (SSSR count). The van der Waals surface area contributed by atoms with Gasteiger partial charge in [0.25, 0.3) is 0 Å². The van der Waals surface area contributed by atoms with Crippen LogP contribution in [0.25, 0.3) is 0 Å². The smallest absolute Gasteiger partial charge is 0.242 e. The molecule has 1 aliphatic rings. The Bertz CT molecular complexity index is 206. The van der Waals surface area contributed by atoms with Crippen LogP contribution in [0.4, 0.5) is 0 Å². The van der Waals surface area contributed by atoms with Crippen LogP contribution in [0, 0.1) is 0 Å². The average molecular weight is 185 g/mol. The van der Waals surface area contributed by atoms with Crippen LogP contribution in [0.1, 0.15) is 12.8 Å². The fraction of sp³-hybridized carbons (Fsp3) is 0.750. The summed E-state index contributed by atoms with van der Waals surface area (Å²) in [6, 6.07) is -0.315. The normalized spacial score (nSPS) is 21.3. The molecule has 0 bridgehead atoms. The summed E-state index contributed by atoms with van der Waals surface area (Å²) in [6.45, 7) is 1.34. The van der Waals surface area contributed by atoms with E-state index in [1.165, 1.54) is 0 Å². The van der Waals surface area contributed by atoms with Gasteiger partial charge in [-0.15, -0.1) is 0 Å². The molecule has 3 N–H and O–H groups in total. The van der Waals surface area contributed by atoms with Gasteiger partial charge in [0.15, 0.2) is 0 Å². The predicted molar refractivity (Wildman–Crippen MR) is 48.1 cm³/mol. The van der Waals surface area contributed by atoms with Crippen molar-refractivity contribution in [1.82, 2.24) is 16.0 Å². The molecule has 1 saturated heterocycles. The van der Waals surface area contributed by atoms with Gasteiger partial charge in [-0.25, -0.2) is 0 Å². The van der Waals surface area contributed by atoms with Gasteiger partial charge in [-0.3, -0.25) is 9.59 Å². The maximum absolute atomic E-state index is 11.3. The number of hydrogen-bond donors (Lipinski definition) is 3. The van der Waals surface area contributed by atoms with Gasteiger partial charge in [0, 0.05) is 19.5 Å². The Morgan fingerprint density at radius 2 is 2.38 bits per heavy atom. The van der Waals surface area contributed by atoms with Crippen molar-refractivity contribution in [1.29, 1.82) is 0 Å². The lowest BCUT2D eigenvalue weighted by Gasteiger charge is -2.10. The molecule has 13 heavy (non-hydrogen) atoms. The number of carbonyl (C=O) groups excluding carboxylic acids is 2. The molecule has 5 nitrogen and oxygen atoms in total. The number of carbonyl (C=O) groups is 2. The molecule has 1 unspecified atom stereocenters. The SMILES string of the molecule is CNCCNC(=O)C1CCC(=O)N1. The zero-order valence-electron chi connectivity index (χ0n) is 7.72. The third-order valence-electron chi connectivity index (χ3n) is 1.99. The Morgan fingerprint density at radius 1 is 1.62 bits per heavy atom. The molecule has 0 aromatic heterocycles. The van der Waals surface area contributed by atoms with Crippen molar-refractivity contribution in [2.24, 2.45) is 0 Å². The van der Waals surface area contributed by atoms with Crippen LogP contribution in [0.3, 0.4) is 0 Å². The van der Waals surface area contributed by atoms with E-state index in [-0.39, 0.29) is 17.9 Å². The second-order valence-electron chi connectivity index (χ2n) is 3.05. The van der Waals surface area contributed by atoms with Crippen molar-refractivity contribution in [2.75, 3.05) is 20.1 Å². The molecular weight excluding hydrogens is 170 g/mol. The van der Waals surface area contributed by atoms with E-state index in [0.717, 1.165) is 6.54 Å². The fourth-order valence-electron chi connectivity index (χ4n) is 1.24. The summed E-state index contributed by atoms with van der Waals surface area (Å²) >= 11 is 0. The van der Waals surface area contributed by atoms with E-state index in [0.29, 0.717) is 19.4 Å². The van der Waals surface area contributed by atoms with Gasteiger partial charge in [0.1, 0.15) is 6.04 Å². The fourth-order valence-corrected chi connectivity index (χ4v) is 1.24. The van der Waals surface area contributed by atoms with Gasteiger partial charge < -0.3 is 16.0 Å². The van der Waals surface area contributed by atoms with Gasteiger partial charge in [-0.1, -0.05) is 0 Å². The van der Waals surface area contributed by atoms with Gasteiger partial charge in [-0.2, -0.15) is 0 Å². The molecule has 74 valence electrons. The second kappa shape index (κ2) is 4.81. The molecule has 0 aliphatic carbocycles. The molecule has 1 aliphatic heterocycles. The monoisotopic (exact) mass is 185 g/mol. The minimum Gasteiger partial charge on any atom is -0.353 e. The van der Waals surface area contributed by atoms with E-state index >= 15 is 0 Å². The predicted octanol–water partition coefficient (Wildman–Crippen LogP) is -1.40. The molecule has 0 saturated carbocycles. The van der Waals surface area contributed by atoms with E-state index < -0.39 is 0 Å². The summed E-state index contributed by atoms with van der Waals surface area (Å²) in [5.74, 6) is -0.116. The van der Waals surface area contributed by atoms with E-state index in [9.17, 15) is 9.59 Å². The molecule has 0 spiro atoms. The van der Waals surface area contributed by atoms with E-state index in [4.69, 9.17) is 0 Å². The van der Waals surface area contributed by atoms with Crippen LogP contribution < -0.4 is 16.0 Å². The summed E-state index contributed by atoms with van der Waals surface area (Å²) in [4.78, 5) is 22.1. The first-order valence-electron chi connectivity index (χ1n) is 4.45. The Labute approximate surface area is 77.3 Å². The van der Waals surface area contributed by atoms with Gasteiger partial charge >= 0.3 is 0 Å². The van der Waals surface area contributed by atoms with Crippen LogP contribution in [0.5, 0.6) is 0 Å². The van der Waals surface area contributed by atoms with Gasteiger partial charge in [0.05, 0.1) is 0 Å². The van der Waals surface area contributed by atoms with Gasteiger partial charge in [0.2, 0.25) is 11.8 Å². The third kappa shape index (κ3) is 3.02. The highest BCUT2D eigenvalue weighted by molar-refractivity contribution is 5.90. The molecule has 0 aromatic carbocycles. The van der Waals surface area contributed by atoms with Crippen LogP contribution in [0.2, 0.25) is 0 Å². The van der Waals surface area contributed by atoms with Crippen molar-refractivity contribution >= 4 is 11.8 Å². The van der Waals surface area contributed by atoms with Crippen LogP contribution in [0.15, 0.2) is 0 Å². The highest BCUT2D eigenvalue weighted by Gasteiger charge is 2.26. The molecule has 1 fully saturated rings. The summed E-state index contributed by atoms with van der Waals surface area (Å²) in [5, 5.41) is 8.26. The number of hydrogen-bond acceptors (Lipinski definition) is 3. The number of amides is 2. The summed E-state index contributed by atoms with van der Waals surface area (Å²) in [5.41, 5.74) is 0. The van der Waals surface area contributed by atoms with Crippen molar-refractivity contribution in [3.63, 3.8) is 0 Å². The second-order valence-corrected chi connectivity index (χ2v) is 3.05. The van der Waals surface area contributed by atoms with Crippen molar-refractivity contribution in [3.05, 3.63) is 0 Å². The van der Waals surface area contributed by atoms with E-state index in [1.807, 2.05) is 7.05 Å². The summed E-state index contributed by atoms with van der Waals surface area (Å²) < 4.78 is 0. The van der Waals surface area contributed by atoms with E-state index in [1.54, 1.807) is 0 Å². The zero-order valence-corrected chi connectivity index (χ0v) is 7.72. The lowest BCUT2D eigenvalue weighted by atomic mass is 10.2. The maximum Gasteiger partial charge on any atom is 0.242 e. The standard InChI is InChI=1S/C8H15N3O2/c1-9-4-5-10-8(13)6-2-3-7(12)11-6/h6,9H,2-5H2,1H3,(H,10,13)(H,11,12). The zero-order chi connectivity index (χ0) is 9.68. The molecule has 0 radical (unpaired) electrons. The minimum absolute atomic E-state index is 0.0335. The molecule has 1 atom stereocenters. The Morgan fingerprint density at radius 3 is 2.92 bits per heavy atom. The minimum atomic E-state index is -0.315. The molecule has 5 heteroatoms.